The van der Waals surface area contributed by atoms with Crippen LogP contribution in [0.15, 0.2) is 18.2 Å². The number of hydrogen-bond acceptors (Lipinski definition) is 2. The lowest BCUT2D eigenvalue weighted by Crippen LogP contribution is -2.30. The second kappa shape index (κ2) is 4.88. The van der Waals surface area contributed by atoms with E-state index in [0.717, 1.165) is 11.6 Å². The van der Waals surface area contributed by atoms with Crippen molar-refractivity contribution in [3.8, 4) is 0 Å². The van der Waals surface area contributed by atoms with Gasteiger partial charge in [-0.25, -0.2) is 0 Å². The van der Waals surface area contributed by atoms with Crippen molar-refractivity contribution >= 4 is 5.69 Å². The molecule has 1 fully saturated rings. The van der Waals surface area contributed by atoms with E-state index in [1.54, 1.807) is 0 Å². The van der Waals surface area contributed by atoms with Crippen LogP contribution in [0.5, 0.6) is 0 Å². The molecule has 1 heterocycles. The second-order valence-corrected chi connectivity index (χ2v) is 5.14. The molecule has 88 valence electrons. The summed E-state index contributed by atoms with van der Waals surface area (Å²) in [6, 6.07) is 6.51. The number of benzene rings is 1. The van der Waals surface area contributed by atoms with Gasteiger partial charge in [0.2, 0.25) is 0 Å². The van der Waals surface area contributed by atoms with Crippen molar-refractivity contribution in [2.75, 3.05) is 25.9 Å². The van der Waals surface area contributed by atoms with E-state index >= 15 is 0 Å². The summed E-state index contributed by atoms with van der Waals surface area (Å²) in [5.41, 5.74) is 9.46. The normalized spacial score (nSPS) is 18.9. The average molecular weight is 218 g/mol. The van der Waals surface area contributed by atoms with E-state index < -0.39 is 0 Å². The zero-order valence-electron chi connectivity index (χ0n) is 10.4. The standard InChI is InChI=1S/C14H22N2/c1-11-3-4-13(10-14(11)15)9-12-5-7-16(2)8-6-12/h3-4,10,12H,5-9,15H2,1-2H3. The van der Waals surface area contributed by atoms with Crippen LogP contribution in [0.2, 0.25) is 0 Å². The predicted molar refractivity (Wildman–Crippen MR) is 69.5 cm³/mol. The maximum absolute atomic E-state index is 5.94. The highest BCUT2D eigenvalue weighted by atomic mass is 15.1. The Hall–Kier alpha value is -1.02. The first-order valence-corrected chi connectivity index (χ1v) is 6.18. The Labute approximate surface area is 98.4 Å². The zero-order valence-corrected chi connectivity index (χ0v) is 10.4. The summed E-state index contributed by atoms with van der Waals surface area (Å²) >= 11 is 0. The Bertz CT molecular complexity index is 352. The molecule has 0 saturated carbocycles. The molecule has 2 heteroatoms. The Balaban J connectivity index is 1.96. The molecule has 2 N–H and O–H groups in total. The maximum Gasteiger partial charge on any atom is 0.0346 e. The van der Waals surface area contributed by atoms with Gasteiger partial charge in [0, 0.05) is 5.69 Å². The number of nitrogen functional groups attached to an aromatic ring is 1. The van der Waals surface area contributed by atoms with Crippen molar-refractivity contribution in [3.05, 3.63) is 29.3 Å². The molecule has 2 rings (SSSR count). The Morgan fingerprint density at radius 3 is 2.62 bits per heavy atom. The van der Waals surface area contributed by atoms with Crippen LogP contribution >= 0.6 is 0 Å². The molecular weight excluding hydrogens is 196 g/mol. The number of nitrogens with zero attached hydrogens (tertiary/aromatic N) is 1. The molecule has 1 aliphatic rings. The highest BCUT2D eigenvalue weighted by Crippen LogP contribution is 2.22. The third kappa shape index (κ3) is 2.76. The molecule has 0 amide bonds. The number of nitrogens with two attached hydrogens (primary N) is 1. The van der Waals surface area contributed by atoms with Gasteiger partial charge in [0.15, 0.2) is 0 Å². The highest BCUT2D eigenvalue weighted by molar-refractivity contribution is 5.48. The monoisotopic (exact) mass is 218 g/mol. The molecule has 1 saturated heterocycles. The van der Waals surface area contributed by atoms with Gasteiger partial charge in [-0.15, -0.1) is 0 Å². The molecule has 16 heavy (non-hydrogen) atoms. The van der Waals surface area contributed by atoms with Crippen molar-refractivity contribution < 1.29 is 0 Å². The van der Waals surface area contributed by atoms with Crippen LogP contribution in [0.25, 0.3) is 0 Å². The van der Waals surface area contributed by atoms with Crippen LogP contribution in [0.1, 0.15) is 24.0 Å². The van der Waals surface area contributed by atoms with Crippen LogP contribution in [0, 0.1) is 12.8 Å². The van der Waals surface area contributed by atoms with Crippen LogP contribution in [-0.2, 0) is 6.42 Å². The molecule has 2 nitrogen and oxygen atoms in total. The van der Waals surface area contributed by atoms with Crippen molar-refractivity contribution in [2.24, 2.45) is 5.92 Å². The van der Waals surface area contributed by atoms with Gasteiger partial charge in [0.25, 0.3) is 0 Å². The molecule has 0 atom stereocenters. The molecule has 1 aliphatic heterocycles. The van der Waals surface area contributed by atoms with Gasteiger partial charge in [-0.1, -0.05) is 12.1 Å². The summed E-state index contributed by atoms with van der Waals surface area (Å²) in [7, 11) is 2.21. The van der Waals surface area contributed by atoms with Gasteiger partial charge in [0.1, 0.15) is 0 Å². The summed E-state index contributed by atoms with van der Waals surface area (Å²) in [5.74, 6) is 0.846. The Morgan fingerprint density at radius 2 is 2.00 bits per heavy atom. The summed E-state index contributed by atoms with van der Waals surface area (Å²) in [5, 5.41) is 0. The summed E-state index contributed by atoms with van der Waals surface area (Å²) in [6.07, 6.45) is 3.84. The van der Waals surface area contributed by atoms with Crippen molar-refractivity contribution in [3.63, 3.8) is 0 Å². The van der Waals surface area contributed by atoms with E-state index in [-0.39, 0.29) is 0 Å². The predicted octanol–water partition coefficient (Wildman–Crippen LogP) is 2.46. The van der Waals surface area contributed by atoms with E-state index in [0.29, 0.717) is 0 Å². The van der Waals surface area contributed by atoms with Crippen LogP contribution in [-0.4, -0.2) is 25.0 Å². The SMILES string of the molecule is Cc1ccc(CC2CCN(C)CC2)cc1N. The van der Waals surface area contributed by atoms with Gasteiger partial charge >= 0.3 is 0 Å². The van der Waals surface area contributed by atoms with Crippen molar-refractivity contribution in [1.29, 1.82) is 0 Å². The Morgan fingerprint density at radius 1 is 1.31 bits per heavy atom. The quantitative estimate of drug-likeness (QED) is 0.773. The molecule has 1 aromatic carbocycles. The molecule has 0 aromatic heterocycles. The number of likely N-dealkylation sites (tertiary alicyclic amines) is 1. The number of rotatable bonds is 2. The molecule has 1 aromatic rings. The first kappa shape index (κ1) is 11.5. The lowest BCUT2D eigenvalue weighted by atomic mass is 9.90. The van der Waals surface area contributed by atoms with Gasteiger partial charge in [-0.2, -0.15) is 0 Å². The minimum atomic E-state index is 0.846. The van der Waals surface area contributed by atoms with Crippen LogP contribution < -0.4 is 5.73 Å². The topological polar surface area (TPSA) is 29.3 Å². The average Bonchev–Trinajstić information content (AvgIpc) is 2.27. The number of piperidine rings is 1. The highest BCUT2D eigenvalue weighted by Gasteiger charge is 2.16. The van der Waals surface area contributed by atoms with E-state index in [1.165, 1.54) is 43.5 Å². The molecule has 0 spiro atoms. The fourth-order valence-electron chi connectivity index (χ4n) is 2.42. The third-order valence-electron chi connectivity index (χ3n) is 3.71. The molecule has 0 aliphatic carbocycles. The fourth-order valence-corrected chi connectivity index (χ4v) is 2.42. The molecule has 0 unspecified atom stereocenters. The third-order valence-corrected chi connectivity index (χ3v) is 3.71. The Kier molecular flexibility index (Phi) is 3.49. The smallest absolute Gasteiger partial charge is 0.0346 e. The molecule has 0 bridgehead atoms. The van der Waals surface area contributed by atoms with Crippen LogP contribution in [0.3, 0.4) is 0 Å². The maximum atomic E-state index is 5.94. The van der Waals surface area contributed by atoms with Gasteiger partial charge in [-0.3, -0.25) is 0 Å². The zero-order chi connectivity index (χ0) is 11.5. The molecule has 0 radical (unpaired) electrons. The van der Waals surface area contributed by atoms with Crippen molar-refractivity contribution in [2.45, 2.75) is 26.2 Å². The summed E-state index contributed by atoms with van der Waals surface area (Å²) < 4.78 is 0. The second-order valence-electron chi connectivity index (χ2n) is 5.14. The first-order valence-electron chi connectivity index (χ1n) is 6.18. The van der Waals surface area contributed by atoms with Gasteiger partial charge in [-0.05, 0) is 69.4 Å². The lowest BCUT2D eigenvalue weighted by Gasteiger charge is -2.29. The minimum Gasteiger partial charge on any atom is -0.399 e. The lowest BCUT2D eigenvalue weighted by molar-refractivity contribution is 0.219. The first-order chi connectivity index (χ1) is 7.65. The van der Waals surface area contributed by atoms with Crippen molar-refractivity contribution in [1.82, 2.24) is 4.90 Å². The van der Waals surface area contributed by atoms with Gasteiger partial charge < -0.3 is 10.6 Å². The minimum absolute atomic E-state index is 0.846. The van der Waals surface area contributed by atoms with Crippen LogP contribution in [0.4, 0.5) is 5.69 Å². The van der Waals surface area contributed by atoms with E-state index in [9.17, 15) is 0 Å². The number of aryl methyl sites for hydroxylation is 1. The summed E-state index contributed by atoms with van der Waals surface area (Å²) in [4.78, 5) is 2.42. The van der Waals surface area contributed by atoms with E-state index in [1.807, 2.05) is 0 Å². The molecular formula is C14H22N2. The van der Waals surface area contributed by atoms with Gasteiger partial charge in [0.05, 0.1) is 0 Å². The summed E-state index contributed by atoms with van der Waals surface area (Å²) in [6.45, 7) is 4.55. The van der Waals surface area contributed by atoms with E-state index in [4.69, 9.17) is 5.73 Å². The van der Waals surface area contributed by atoms with E-state index in [2.05, 4.69) is 37.1 Å². The number of hydrogen-bond donors (Lipinski definition) is 1. The number of anilines is 1. The fraction of sp³-hybridized carbons (Fsp3) is 0.571. The largest absolute Gasteiger partial charge is 0.399 e.